The van der Waals surface area contributed by atoms with Crippen LogP contribution in [-0.4, -0.2) is 42.3 Å². The van der Waals surface area contributed by atoms with E-state index in [4.69, 9.17) is 0 Å². The van der Waals surface area contributed by atoms with Crippen LogP contribution in [0, 0.1) is 13.8 Å². The van der Waals surface area contributed by atoms with Crippen molar-refractivity contribution in [3.05, 3.63) is 34.9 Å². The minimum atomic E-state index is -0.637. The highest BCUT2D eigenvalue weighted by atomic mass is 16.3. The van der Waals surface area contributed by atoms with Crippen LogP contribution in [0.1, 0.15) is 49.9 Å². The number of nitrogens with one attached hydrogen (secondary N) is 1. The molecule has 0 spiro atoms. The zero-order chi connectivity index (χ0) is 16.0. The van der Waals surface area contributed by atoms with Crippen molar-refractivity contribution in [3.8, 4) is 0 Å². The summed E-state index contributed by atoms with van der Waals surface area (Å²) in [7, 11) is 2.07. The average Bonchev–Trinajstić information content (AvgIpc) is 2.30. The second-order valence-electron chi connectivity index (χ2n) is 6.87. The standard InChI is InChI=1S/C18H32N2O/c1-7-19-17(8-9-20(6)13-18(4,5)21)16-11-14(2)10-15(3)12-16/h10-12,17,19,21H,7-9,13H2,1-6H3. The summed E-state index contributed by atoms with van der Waals surface area (Å²) < 4.78 is 0. The van der Waals surface area contributed by atoms with Gasteiger partial charge in [0.1, 0.15) is 0 Å². The van der Waals surface area contributed by atoms with E-state index in [-0.39, 0.29) is 0 Å². The lowest BCUT2D eigenvalue weighted by Crippen LogP contribution is -2.37. The second-order valence-corrected chi connectivity index (χ2v) is 6.87. The molecule has 1 rings (SSSR count). The Labute approximate surface area is 130 Å². The SMILES string of the molecule is CCNC(CCN(C)CC(C)(C)O)c1cc(C)cc(C)c1. The number of hydrogen-bond acceptors (Lipinski definition) is 3. The van der Waals surface area contributed by atoms with Crippen molar-refractivity contribution in [2.24, 2.45) is 0 Å². The van der Waals surface area contributed by atoms with Gasteiger partial charge in [-0.2, -0.15) is 0 Å². The van der Waals surface area contributed by atoms with Crippen molar-refractivity contribution < 1.29 is 5.11 Å². The van der Waals surface area contributed by atoms with Gasteiger partial charge in [0.05, 0.1) is 5.60 Å². The molecule has 1 aromatic rings. The molecule has 3 nitrogen and oxygen atoms in total. The number of aliphatic hydroxyl groups is 1. The van der Waals surface area contributed by atoms with Crippen molar-refractivity contribution in [2.45, 2.75) is 52.7 Å². The predicted molar refractivity (Wildman–Crippen MR) is 90.7 cm³/mol. The number of aryl methyl sites for hydroxylation is 2. The third-order valence-corrected chi connectivity index (χ3v) is 3.55. The molecular weight excluding hydrogens is 260 g/mol. The molecule has 0 radical (unpaired) electrons. The van der Waals surface area contributed by atoms with Crippen molar-refractivity contribution in [1.82, 2.24) is 10.2 Å². The van der Waals surface area contributed by atoms with Gasteiger partial charge in [0.15, 0.2) is 0 Å². The van der Waals surface area contributed by atoms with Gasteiger partial charge in [-0.3, -0.25) is 0 Å². The molecule has 0 saturated heterocycles. The molecule has 2 N–H and O–H groups in total. The summed E-state index contributed by atoms with van der Waals surface area (Å²) in [6.07, 6.45) is 1.04. The van der Waals surface area contributed by atoms with Gasteiger partial charge in [-0.15, -0.1) is 0 Å². The van der Waals surface area contributed by atoms with Crippen LogP contribution in [0.25, 0.3) is 0 Å². The maximum Gasteiger partial charge on any atom is 0.0718 e. The van der Waals surface area contributed by atoms with E-state index in [1.54, 1.807) is 0 Å². The van der Waals surface area contributed by atoms with Gasteiger partial charge in [0.2, 0.25) is 0 Å². The van der Waals surface area contributed by atoms with Crippen LogP contribution < -0.4 is 5.32 Å². The normalized spacial score (nSPS) is 13.7. The zero-order valence-electron chi connectivity index (χ0n) is 14.5. The lowest BCUT2D eigenvalue weighted by molar-refractivity contribution is 0.0436. The molecule has 0 aliphatic rings. The summed E-state index contributed by atoms with van der Waals surface area (Å²) in [6.45, 7) is 12.8. The molecule has 1 aromatic carbocycles. The third-order valence-electron chi connectivity index (χ3n) is 3.55. The highest BCUT2D eigenvalue weighted by molar-refractivity contribution is 5.30. The minimum Gasteiger partial charge on any atom is -0.389 e. The van der Waals surface area contributed by atoms with Gasteiger partial charge < -0.3 is 15.3 Å². The van der Waals surface area contributed by atoms with Gasteiger partial charge >= 0.3 is 0 Å². The van der Waals surface area contributed by atoms with Crippen LogP contribution in [0.15, 0.2) is 18.2 Å². The van der Waals surface area contributed by atoms with Crippen molar-refractivity contribution in [1.29, 1.82) is 0 Å². The van der Waals surface area contributed by atoms with E-state index in [1.807, 2.05) is 13.8 Å². The first kappa shape index (κ1) is 18.1. The monoisotopic (exact) mass is 292 g/mol. The molecule has 120 valence electrons. The molecule has 0 aliphatic carbocycles. The predicted octanol–water partition coefficient (Wildman–Crippen LogP) is 3.05. The smallest absolute Gasteiger partial charge is 0.0718 e. The molecule has 0 bridgehead atoms. The van der Waals surface area contributed by atoms with Crippen LogP contribution in [0.5, 0.6) is 0 Å². The second kappa shape index (κ2) is 7.92. The van der Waals surface area contributed by atoms with Crippen molar-refractivity contribution in [3.63, 3.8) is 0 Å². The number of likely N-dealkylation sites (N-methyl/N-ethyl adjacent to an activating group) is 1. The first-order chi connectivity index (χ1) is 9.71. The first-order valence-corrected chi connectivity index (χ1v) is 7.94. The van der Waals surface area contributed by atoms with E-state index < -0.39 is 5.60 Å². The van der Waals surface area contributed by atoms with E-state index in [9.17, 15) is 5.11 Å². The van der Waals surface area contributed by atoms with E-state index in [0.29, 0.717) is 12.6 Å². The third kappa shape index (κ3) is 7.07. The van der Waals surface area contributed by atoms with Crippen LogP contribution in [0.3, 0.4) is 0 Å². The summed E-state index contributed by atoms with van der Waals surface area (Å²) in [5, 5.41) is 13.5. The van der Waals surface area contributed by atoms with Crippen LogP contribution in [0.4, 0.5) is 0 Å². The fourth-order valence-corrected chi connectivity index (χ4v) is 2.93. The van der Waals surface area contributed by atoms with E-state index >= 15 is 0 Å². The van der Waals surface area contributed by atoms with E-state index in [2.05, 4.69) is 56.2 Å². The number of nitrogens with zero attached hydrogens (tertiary/aromatic N) is 1. The zero-order valence-corrected chi connectivity index (χ0v) is 14.5. The Morgan fingerprint density at radius 2 is 1.76 bits per heavy atom. The molecule has 21 heavy (non-hydrogen) atoms. The number of rotatable bonds is 8. The maximum absolute atomic E-state index is 9.89. The molecule has 0 amide bonds. The van der Waals surface area contributed by atoms with Crippen LogP contribution >= 0.6 is 0 Å². The first-order valence-electron chi connectivity index (χ1n) is 7.94. The minimum absolute atomic E-state index is 0.373. The Kier molecular flexibility index (Phi) is 6.85. The molecule has 1 atom stereocenters. The molecule has 0 aliphatic heterocycles. The lowest BCUT2D eigenvalue weighted by Gasteiger charge is -2.27. The van der Waals surface area contributed by atoms with Gasteiger partial charge in [-0.1, -0.05) is 36.2 Å². The topological polar surface area (TPSA) is 35.5 Å². The molecule has 1 unspecified atom stereocenters. The highest BCUT2D eigenvalue weighted by Crippen LogP contribution is 2.20. The van der Waals surface area contributed by atoms with E-state index in [0.717, 1.165) is 19.5 Å². The number of hydrogen-bond donors (Lipinski definition) is 2. The molecular formula is C18H32N2O. The Hall–Kier alpha value is -0.900. The Bertz CT molecular complexity index is 417. The fraction of sp³-hybridized carbons (Fsp3) is 0.667. The summed E-state index contributed by atoms with van der Waals surface area (Å²) >= 11 is 0. The Morgan fingerprint density at radius 3 is 2.24 bits per heavy atom. The summed E-state index contributed by atoms with van der Waals surface area (Å²) in [6, 6.07) is 7.14. The van der Waals surface area contributed by atoms with Crippen molar-refractivity contribution in [2.75, 3.05) is 26.7 Å². The fourth-order valence-electron chi connectivity index (χ4n) is 2.93. The summed E-state index contributed by atoms with van der Waals surface area (Å²) in [4.78, 5) is 2.20. The molecule has 0 heterocycles. The average molecular weight is 292 g/mol. The Morgan fingerprint density at radius 1 is 1.19 bits per heavy atom. The molecule has 0 saturated carbocycles. The van der Waals surface area contributed by atoms with Gasteiger partial charge in [-0.25, -0.2) is 0 Å². The van der Waals surface area contributed by atoms with Crippen molar-refractivity contribution >= 4 is 0 Å². The quantitative estimate of drug-likeness (QED) is 0.773. The summed E-state index contributed by atoms with van der Waals surface area (Å²) in [5.74, 6) is 0. The maximum atomic E-state index is 9.89. The molecule has 3 heteroatoms. The summed E-state index contributed by atoms with van der Waals surface area (Å²) in [5.41, 5.74) is 3.36. The van der Waals surface area contributed by atoms with Gasteiger partial charge in [0, 0.05) is 12.6 Å². The lowest BCUT2D eigenvalue weighted by atomic mass is 9.98. The largest absolute Gasteiger partial charge is 0.389 e. The van der Waals surface area contributed by atoms with Gasteiger partial charge in [-0.05, 0) is 59.8 Å². The molecule has 0 fully saturated rings. The van der Waals surface area contributed by atoms with Crippen LogP contribution in [-0.2, 0) is 0 Å². The van der Waals surface area contributed by atoms with E-state index in [1.165, 1.54) is 16.7 Å². The van der Waals surface area contributed by atoms with Gasteiger partial charge in [0.25, 0.3) is 0 Å². The Balaban J connectivity index is 2.69. The highest BCUT2D eigenvalue weighted by Gasteiger charge is 2.17. The number of benzene rings is 1. The molecule has 0 aromatic heterocycles. The van der Waals surface area contributed by atoms with Crippen LogP contribution in [0.2, 0.25) is 0 Å².